The molecule has 4 aromatic rings. The lowest BCUT2D eigenvalue weighted by molar-refractivity contribution is 0.475. The number of aromatic hydroxyl groups is 2. The van der Waals surface area contributed by atoms with Crippen molar-refractivity contribution in [3.8, 4) is 11.5 Å². The van der Waals surface area contributed by atoms with Gasteiger partial charge in [-0.1, -0.05) is 15.9 Å². The Kier molecular flexibility index (Phi) is 2.26. The quantitative estimate of drug-likeness (QED) is 0.482. The minimum absolute atomic E-state index is 0.178. The van der Waals surface area contributed by atoms with Crippen molar-refractivity contribution >= 4 is 48.6 Å². The van der Waals surface area contributed by atoms with E-state index in [1.807, 2.05) is 18.2 Å². The van der Waals surface area contributed by atoms with E-state index >= 15 is 0 Å². The zero-order valence-corrected chi connectivity index (χ0v) is 11.8. The maximum atomic E-state index is 9.62. The van der Waals surface area contributed by atoms with Crippen LogP contribution in [0.5, 0.6) is 11.5 Å². The summed E-state index contributed by atoms with van der Waals surface area (Å²) < 4.78 is 6.77. The van der Waals surface area contributed by atoms with Gasteiger partial charge in [-0.3, -0.25) is 0 Å². The second-order valence-electron chi connectivity index (χ2n) is 4.75. The van der Waals surface area contributed by atoms with E-state index in [1.54, 1.807) is 24.3 Å². The predicted octanol–water partition coefficient (Wildman–Crippen LogP) is 4.91. The van der Waals surface area contributed by atoms with Crippen molar-refractivity contribution in [1.29, 1.82) is 0 Å². The molecule has 0 unspecified atom stereocenters. The van der Waals surface area contributed by atoms with Crippen LogP contribution >= 0.6 is 15.9 Å². The van der Waals surface area contributed by atoms with Crippen molar-refractivity contribution < 1.29 is 14.6 Å². The number of hydrogen-bond acceptors (Lipinski definition) is 3. The molecule has 0 bridgehead atoms. The maximum absolute atomic E-state index is 9.62. The Balaban J connectivity index is 2.28. The number of halogens is 1. The minimum atomic E-state index is 0.178. The fraction of sp³-hybridized carbons (Fsp3) is 0. The topological polar surface area (TPSA) is 53.6 Å². The number of rotatable bonds is 0. The molecule has 20 heavy (non-hydrogen) atoms. The van der Waals surface area contributed by atoms with Gasteiger partial charge in [-0.15, -0.1) is 0 Å². The Labute approximate surface area is 122 Å². The highest BCUT2D eigenvalue weighted by Gasteiger charge is 2.13. The molecule has 0 aliphatic heterocycles. The van der Waals surface area contributed by atoms with Crippen LogP contribution in [0, 0.1) is 0 Å². The molecule has 4 heteroatoms. The van der Waals surface area contributed by atoms with Crippen LogP contribution in [0.3, 0.4) is 0 Å². The highest BCUT2D eigenvalue weighted by molar-refractivity contribution is 9.10. The molecule has 98 valence electrons. The molecule has 0 atom stereocenters. The van der Waals surface area contributed by atoms with Gasteiger partial charge in [0.05, 0.1) is 0 Å². The summed E-state index contributed by atoms with van der Waals surface area (Å²) in [6, 6.07) is 12.2. The van der Waals surface area contributed by atoms with Crippen LogP contribution in [0.2, 0.25) is 0 Å². The van der Waals surface area contributed by atoms with Crippen molar-refractivity contribution in [2.45, 2.75) is 0 Å². The van der Waals surface area contributed by atoms with Crippen molar-refractivity contribution in [3.05, 3.63) is 46.9 Å². The van der Waals surface area contributed by atoms with Gasteiger partial charge in [0.25, 0.3) is 0 Å². The average molecular weight is 329 g/mol. The third-order valence-corrected chi connectivity index (χ3v) is 4.14. The largest absolute Gasteiger partial charge is 0.508 e. The summed E-state index contributed by atoms with van der Waals surface area (Å²) in [6.07, 6.45) is 0. The smallest absolute Gasteiger partial charge is 0.143 e. The van der Waals surface area contributed by atoms with E-state index in [2.05, 4.69) is 15.9 Å². The van der Waals surface area contributed by atoms with Gasteiger partial charge >= 0.3 is 0 Å². The first-order valence-corrected chi connectivity index (χ1v) is 6.89. The fourth-order valence-electron chi connectivity index (χ4n) is 2.58. The van der Waals surface area contributed by atoms with E-state index < -0.39 is 0 Å². The van der Waals surface area contributed by atoms with Gasteiger partial charge in [0.2, 0.25) is 0 Å². The first-order chi connectivity index (χ1) is 9.63. The molecule has 0 aliphatic carbocycles. The van der Waals surface area contributed by atoms with Gasteiger partial charge < -0.3 is 14.6 Å². The molecule has 4 rings (SSSR count). The molecule has 1 aromatic heterocycles. The zero-order chi connectivity index (χ0) is 13.9. The van der Waals surface area contributed by atoms with Crippen LogP contribution in [0.25, 0.3) is 32.7 Å². The molecule has 0 aliphatic rings. The predicted molar refractivity (Wildman–Crippen MR) is 82.3 cm³/mol. The van der Waals surface area contributed by atoms with Gasteiger partial charge in [0.1, 0.15) is 22.7 Å². The van der Waals surface area contributed by atoms with Crippen LogP contribution in [0.15, 0.2) is 51.4 Å². The monoisotopic (exact) mass is 328 g/mol. The van der Waals surface area contributed by atoms with E-state index in [4.69, 9.17) is 4.42 Å². The molecule has 3 aromatic carbocycles. The lowest BCUT2D eigenvalue weighted by Gasteiger charge is -2.02. The Morgan fingerprint density at radius 3 is 2.25 bits per heavy atom. The van der Waals surface area contributed by atoms with Gasteiger partial charge in [-0.2, -0.15) is 0 Å². The summed E-state index contributed by atoms with van der Waals surface area (Å²) >= 11 is 3.53. The number of hydrogen-bond donors (Lipinski definition) is 2. The van der Waals surface area contributed by atoms with Crippen molar-refractivity contribution in [2.24, 2.45) is 0 Å². The van der Waals surface area contributed by atoms with Gasteiger partial charge in [-0.05, 0) is 36.4 Å². The SMILES string of the molecule is Oc1ccc2c(c1)oc1c3ccc(O)cc3c(Br)cc21. The molecule has 0 saturated heterocycles. The van der Waals surface area contributed by atoms with E-state index in [1.165, 1.54) is 0 Å². The van der Waals surface area contributed by atoms with Gasteiger partial charge in [-0.25, -0.2) is 0 Å². The molecular weight excluding hydrogens is 320 g/mol. The third-order valence-electron chi connectivity index (χ3n) is 3.49. The van der Waals surface area contributed by atoms with Crippen molar-refractivity contribution in [3.63, 3.8) is 0 Å². The molecule has 3 nitrogen and oxygen atoms in total. The number of fused-ring (bicyclic) bond motifs is 5. The summed E-state index contributed by atoms with van der Waals surface area (Å²) in [5.41, 5.74) is 1.40. The Morgan fingerprint density at radius 1 is 0.750 bits per heavy atom. The van der Waals surface area contributed by atoms with Crippen LogP contribution in [0.4, 0.5) is 0 Å². The van der Waals surface area contributed by atoms with Crippen molar-refractivity contribution in [2.75, 3.05) is 0 Å². The van der Waals surface area contributed by atoms with Crippen LogP contribution in [0.1, 0.15) is 0 Å². The van der Waals surface area contributed by atoms with Gasteiger partial charge in [0.15, 0.2) is 0 Å². The standard InChI is InChI=1S/C16H9BrO3/c17-14-7-13-10-3-1-9(19)6-15(10)20-16(13)11-4-2-8(18)5-12(11)14/h1-7,18-19H. The number of phenolic OH excluding ortho intramolecular Hbond substituents is 2. The summed E-state index contributed by atoms with van der Waals surface area (Å²) in [6.45, 7) is 0. The number of furan rings is 1. The molecule has 1 heterocycles. The summed E-state index contributed by atoms with van der Waals surface area (Å²) in [5.74, 6) is 0.392. The van der Waals surface area contributed by atoms with E-state index in [-0.39, 0.29) is 11.5 Å². The summed E-state index contributed by atoms with van der Waals surface area (Å²) in [5, 5.41) is 22.9. The molecular formula is C16H9BrO3. The highest BCUT2D eigenvalue weighted by Crippen LogP contribution is 2.39. The molecule has 0 spiro atoms. The second kappa shape index (κ2) is 3.90. The minimum Gasteiger partial charge on any atom is -0.508 e. The second-order valence-corrected chi connectivity index (χ2v) is 5.60. The lowest BCUT2D eigenvalue weighted by Crippen LogP contribution is -1.77. The first-order valence-electron chi connectivity index (χ1n) is 6.10. The maximum Gasteiger partial charge on any atom is 0.143 e. The zero-order valence-electron chi connectivity index (χ0n) is 10.2. The number of benzene rings is 3. The van der Waals surface area contributed by atoms with Gasteiger partial charge in [0, 0.05) is 32.1 Å². The van der Waals surface area contributed by atoms with E-state index in [9.17, 15) is 10.2 Å². The highest BCUT2D eigenvalue weighted by atomic mass is 79.9. The first kappa shape index (κ1) is 11.6. The molecule has 0 fully saturated rings. The normalized spacial score (nSPS) is 11.7. The average Bonchev–Trinajstić information content (AvgIpc) is 2.76. The molecule has 0 saturated carbocycles. The number of phenols is 2. The lowest BCUT2D eigenvalue weighted by atomic mass is 10.1. The van der Waals surface area contributed by atoms with Crippen LogP contribution in [-0.2, 0) is 0 Å². The molecule has 2 N–H and O–H groups in total. The summed E-state index contributed by atoms with van der Waals surface area (Å²) in [7, 11) is 0. The Bertz CT molecular complexity index is 985. The Morgan fingerprint density at radius 2 is 1.45 bits per heavy atom. The molecule has 0 amide bonds. The van der Waals surface area contributed by atoms with Crippen molar-refractivity contribution in [1.82, 2.24) is 0 Å². The summed E-state index contributed by atoms with van der Waals surface area (Å²) in [4.78, 5) is 0. The molecule has 0 radical (unpaired) electrons. The van der Waals surface area contributed by atoms with E-state index in [0.29, 0.717) is 5.58 Å². The van der Waals surface area contributed by atoms with Crippen LogP contribution < -0.4 is 0 Å². The fourth-order valence-corrected chi connectivity index (χ4v) is 3.14. The van der Waals surface area contributed by atoms with E-state index in [0.717, 1.165) is 31.6 Å². The third kappa shape index (κ3) is 1.51. The van der Waals surface area contributed by atoms with Crippen LogP contribution in [-0.4, -0.2) is 10.2 Å². The Hall–Kier alpha value is -2.20.